The Hall–Kier alpha value is -1.62. The Morgan fingerprint density at radius 1 is 0.600 bits per heavy atom. The van der Waals surface area contributed by atoms with Gasteiger partial charge in [-0.25, -0.2) is 0 Å². The van der Waals surface area contributed by atoms with Crippen molar-refractivity contribution in [3.63, 3.8) is 0 Å². The first kappa shape index (κ1) is 32.9. The number of rotatable bonds is 9. The fourth-order valence-corrected chi connectivity index (χ4v) is 4.86. The molecule has 3 aliphatic rings. The molecule has 40 heavy (non-hydrogen) atoms. The highest BCUT2D eigenvalue weighted by Gasteiger charge is 2.54. The fourth-order valence-electron chi connectivity index (χ4n) is 4.86. The Morgan fingerprint density at radius 3 is 1.60 bits per heavy atom. The highest BCUT2D eigenvalue weighted by Crippen LogP contribution is 2.32. The Morgan fingerprint density at radius 2 is 1.05 bits per heavy atom. The topological polar surface area (TPSA) is 286 Å². The van der Waals surface area contributed by atoms with Crippen LogP contribution in [0.15, 0.2) is 0 Å². The molecule has 3 aliphatic heterocycles. The number of nitrogens with one attached hydrogen (secondary N) is 2. The van der Waals surface area contributed by atoms with Crippen LogP contribution in [-0.2, 0) is 33.3 Å². The van der Waals surface area contributed by atoms with Gasteiger partial charge < -0.3 is 80.3 Å². The second-order valence-corrected chi connectivity index (χ2v) is 9.81. The molecule has 3 fully saturated rings. The normalized spacial score (nSPS) is 46.0. The lowest BCUT2D eigenvalue weighted by atomic mass is 9.94. The maximum absolute atomic E-state index is 11.7. The Labute approximate surface area is 228 Å². The Bertz CT molecular complexity index is 854. The van der Waals surface area contributed by atoms with Crippen LogP contribution in [0.1, 0.15) is 13.8 Å². The number of aliphatic hydroxyl groups excluding tert-OH is 9. The maximum atomic E-state index is 11.7. The van der Waals surface area contributed by atoms with E-state index in [4.69, 9.17) is 23.7 Å². The number of hydrogen-bond acceptors (Lipinski definition) is 16. The zero-order valence-corrected chi connectivity index (χ0v) is 21.7. The standard InChI is InChI=1S/C22H38N2O16/c1-6(28)23-11-16(33)13(30)8(3-25)37-21(11)40-19-15(32)10(5-27)38-22(17(19)34)39-18-12(24-7(2)29)20(35)36-9(4-26)14(18)31/h8-22,25-27,30-35H,3-5H2,1-2H3,(H,23,28)(H,24,29)/t8-,9-,10-,11-,12-,13-,14+,15+,16-,17-,18-,19+,20?,21?,22?/m1/s1. The summed E-state index contributed by atoms with van der Waals surface area (Å²) in [6.07, 6.45) is -21.5. The number of hydrogen-bond donors (Lipinski definition) is 11. The first-order chi connectivity index (χ1) is 18.8. The van der Waals surface area contributed by atoms with E-state index in [0.29, 0.717) is 0 Å². The van der Waals surface area contributed by atoms with Crippen LogP contribution in [0.3, 0.4) is 0 Å². The average molecular weight is 587 g/mol. The van der Waals surface area contributed by atoms with Gasteiger partial charge in [0.2, 0.25) is 11.8 Å². The van der Waals surface area contributed by atoms with E-state index >= 15 is 0 Å². The van der Waals surface area contributed by atoms with Crippen molar-refractivity contribution < 1.29 is 79.2 Å². The highest BCUT2D eigenvalue weighted by atomic mass is 16.7. The van der Waals surface area contributed by atoms with E-state index in [2.05, 4.69) is 10.6 Å². The van der Waals surface area contributed by atoms with E-state index in [9.17, 15) is 55.5 Å². The summed E-state index contributed by atoms with van der Waals surface area (Å²) >= 11 is 0. The number of amides is 2. The third-order valence-corrected chi connectivity index (χ3v) is 6.90. The summed E-state index contributed by atoms with van der Waals surface area (Å²) in [5, 5.41) is 97.2. The van der Waals surface area contributed by atoms with E-state index in [1.807, 2.05) is 0 Å². The zero-order valence-electron chi connectivity index (χ0n) is 21.7. The molecule has 0 aromatic rings. The highest BCUT2D eigenvalue weighted by molar-refractivity contribution is 5.73. The summed E-state index contributed by atoms with van der Waals surface area (Å²) < 4.78 is 27.5. The molecule has 11 N–H and O–H groups in total. The quantitative estimate of drug-likeness (QED) is 0.120. The molecule has 3 saturated heterocycles. The second-order valence-electron chi connectivity index (χ2n) is 9.81. The lowest BCUT2D eigenvalue weighted by molar-refractivity contribution is -0.365. The zero-order chi connectivity index (χ0) is 29.9. The molecule has 2 amide bonds. The van der Waals surface area contributed by atoms with Crippen LogP contribution in [0.2, 0.25) is 0 Å². The van der Waals surface area contributed by atoms with Crippen LogP contribution < -0.4 is 10.6 Å². The molecule has 18 heteroatoms. The molecule has 0 saturated carbocycles. The SMILES string of the molecule is CC(=O)N[C@H]1C(O[C@H]2[C@@H](O)[C@@H](CO)OC(O[C@H]3[C@@H](O)[C@@H](CO)OC(O)[C@@H]3NC(C)=O)[C@@H]2O)O[C@H](CO)[C@@H](O)[C@@H]1O. The van der Waals surface area contributed by atoms with Crippen LogP contribution in [0.25, 0.3) is 0 Å². The largest absolute Gasteiger partial charge is 0.394 e. The summed E-state index contributed by atoms with van der Waals surface area (Å²) in [7, 11) is 0. The smallest absolute Gasteiger partial charge is 0.217 e. The fraction of sp³-hybridized carbons (Fsp3) is 0.909. The average Bonchev–Trinajstić information content (AvgIpc) is 2.90. The summed E-state index contributed by atoms with van der Waals surface area (Å²) in [6, 6.07) is -2.86. The van der Waals surface area contributed by atoms with Gasteiger partial charge in [-0.15, -0.1) is 0 Å². The molecule has 0 spiro atoms. The first-order valence-electron chi connectivity index (χ1n) is 12.6. The number of carbonyl (C=O) groups is 2. The van der Waals surface area contributed by atoms with Crippen molar-refractivity contribution in [2.75, 3.05) is 19.8 Å². The molecular weight excluding hydrogens is 548 g/mol. The summed E-state index contributed by atoms with van der Waals surface area (Å²) in [4.78, 5) is 23.4. The summed E-state index contributed by atoms with van der Waals surface area (Å²) in [6.45, 7) is -0.135. The van der Waals surface area contributed by atoms with Crippen LogP contribution in [-0.4, -0.2) is 170 Å². The molecule has 3 heterocycles. The number of ether oxygens (including phenoxy) is 5. The van der Waals surface area contributed by atoms with Crippen molar-refractivity contribution in [2.24, 2.45) is 0 Å². The van der Waals surface area contributed by atoms with E-state index in [0.717, 1.165) is 13.8 Å². The van der Waals surface area contributed by atoms with Crippen molar-refractivity contribution in [1.82, 2.24) is 10.6 Å². The number of carbonyl (C=O) groups excluding carboxylic acids is 2. The lowest BCUT2D eigenvalue weighted by Crippen LogP contribution is -2.69. The second kappa shape index (κ2) is 14.0. The molecule has 3 unspecified atom stereocenters. The van der Waals surface area contributed by atoms with Crippen molar-refractivity contribution in [3.05, 3.63) is 0 Å². The molecule has 15 atom stereocenters. The van der Waals surface area contributed by atoms with E-state index in [1.54, 1.807) is 0 Å². The molecule has 232 valence electrons. The maximum Gasteiger partial charge on any atom is 0.217 e. The van der Waals surface area contributed by atoms with Gasteiger partial charge in [0.25, 0.3) is 0 Å². The van der Waals surface area contributed by atoms with Crippen LogP contribution in [0.5, 0.6) is 0 Å². The van der Waals surface area contributed by atoms with Crippen molar-refractivity contribution in [3.8, 4) is 0 Å². The van der Waals surface area contributed by atoms with Gasteiger partial charge in [0, 0.05) is 13.8 Å². The first-order valence-corrected chi connectivity index (χ1v) is 12.6. The minimum absolute atomic E-state index is 0.650. The van der Waals surface area contributed by atoms with E-state index in [1.165, 1.54) is 0 Å². The van der Waals surface area contributed by atoms with Gasteiger partial charge in [-0.2, -0.15) is 0 Å². The van der Waals surface area contributed by atoms with Gasteiger partial charge >= 0.3 is 0 Å². The Balaban J connectivity index is 1.88. The molecule has 0 radical (unpaired) electrons. The Kier molecular flexibility index (Phi) is 11.5. The monoisotopic (exact) mass is 586 g/mol. The lowest BCUT2D eigenvalue weighted by Gasteiger charge is -2.49. The van der Waals surface area contributed by atoms with Crippen molar-refractivity contribution in [2.45, 2.75) is 106 Å². The van der Waals surface area contributed by atoms with Crippen LogP contribution >= 0.6 is 0 Å². The van der Waals surface area contributed by atoms with Crippen molar-refractivity contribution in [1.29, 1.82) is 0 Å². The van der Waals surface area contributed by atoms with Gasteiger partial charge in [-0.3, -0.25) is 9.59 Å². The van der Waals surface area contributed by atoms with Crippen LogP contribution in [0, 0.1) is 0 Å². The predicted octanol–water partition coefficient (Wildman–Crippen LogP) is -7.29. The van der Waals surface area contributed by atoms with Gasteiger partial charge in [0.15, 0.2) is 18.9 Å². The molecular formula is C22H38N2O16. The molecule has 3 rings (SSSR count). The van der Waals surface area contributed by atoms with E-state index in [-0.39, 0.29) is 0 Å². The van der Waals surface area contributed by atoms with Gasteiger partial charge in [0.05, 0.1) is 19.8 Å². The predicted molar refractivity (Wildman–Crippen MR) is 124 cm³/mol. The molecule has 0 aromatic carbocycles. The minimum Gasteiger partial charge on any atom is -0.394 e. The third-order valence-electron chi connectivity index (χ3n) is 6.90. The van der Waals surface area contributed by atoms with Crippen LogP contribution in [0.4, 0.5) is 0 Å². The third kappa shape index (κ3) is 7.05. The summed E-state index contributed by atoms with van der Waals surface area (Å²) in [5.41, 5.74) is 0. The molecule has 0 aromatic heterocycles. The molecule has 0 aliphatic carbocycles. The van der Waals surface area contributed by atoms with Crippen molar-refractivity contribution >= 4 is 11.8 Å². The number of aliphatic hydroxyl groups is 9. The van der Waals surface area contributed by atoms with Gasteiger partial charge in [-0.05, 0) is 0 Å². The molecule has 18 nitrogen and oxygen atoms in total. The minimum atomic E-state index is -1.94. The van der Waals surface area contributed by atoms with Gasteiger partial charge in [-0.1, -0.05) is 0 Å². The van der Waals surface area contributed by atoms with Gasteiger partial charge in [0.1, 0.15) is 73.1 Å². The summed E-state index contributed by atoms with van der Waals surface area (Å²) in [5.74, 6) is -1.31. The molecule has 0 bridgehead atoms. The van der Waals surface area contributed by atoms with E-state index < -0.39 is 124 Å².